The van der Waals surface area contributed by atoms with Crippen molar-refractivity contribution in [2.75, 3.05) is 0 Å². The normalized spacial score (nSPS) is 23.4. The minimum Gasteiger partial charge on any atom is -1.00 e. The summed E-state index contributed by atoms with van der Waals surface area (Å²) < 4.78 is 14.0. The van der Waals surface area contributed by atoms with E-state index in [0.29, 0.717) is 0 Å². The van der Waals surface area contributed by atoms with Crippen molar-refractivity contribution in [1.82, 2.24) is 0 Å². The van der Waals surface area contributed by atoms with E-state index in [-0.39, 0.29) is 30.9 Å². The Morgan fingerprint density at radius 2 is 1.60 bits per heavy atom. The molecule has 0 spiro atoms. The first-order valence-electron chi connectivity index (χ1n) is 8.68. The van der Waals surface area contributed by atoms with Crippen LogP contribution in [0.2, 0.25) is 0 Å². The second kappa shape index (κ2) is 9.14. The van der Waals surface area contributed by atoms with Gasteiger partial charge in [0.2, 0.25) is 0 Å². The van der Waals surface area contributed by atoms with Crippen LogP contribution in [0.3, 0.4) is 0 Å². The van der Waals surface area contributed by atoms with E-state index < -0.39 is 0 Å². The summed E-state index contributed by atoms with van der Waals surface area (Å²) in [6.45, 7) is 4.28. The van der Waals surface area contributed by atoms with Gasteiger partial charge in [0.1, 0.15) is 7.05 Å². The number of aromatic nitrogens is 1. The van der Waals surface area contributed by atoms with Crippen molar-refractivity contribution in [2.45, 2.75) is 45.2 Å². The molecule has 2 heterocycles. The van der Waals surface area contributed by atoms with Crippen LogP contribution < -0.4 is 17.0 Å². The Hall–Kier alpha value is -1.68. The lowest BCUT2D eigenvalue weighted by molar-refractivity contribution is -0.671. The Labute approximate surface area is 156 Å². The number of nitrogens with zero attached hydrogens (tertiary/aromatic N) is 1. The van der Waals surface area contributed by atoms with E-state index in [1.165, 1.54) is 11.1 Å². The SMILES string of the molecule is CCC1CC(C)OC(c2ccc(/C=C/c3cc[n+](C)cc3)cc2)O1.[Cl-]. The van der Waals surface area contributed by atoms with Gasteiger partial charge in [-0.1, -0.05) is 43.3 Å². The first-order chi connectivity index (χ1) is 11.6. The molecule has 2 aromatic rings. The predicted octanol–water partition coefficient (Wildman–Crippen LogP) is 1.29. The molecule has 0 radical (unpaired) electrons. The molecule has 1 aliphatic heterocycles. The van der Waals surface area contributed by atoms with Gasteiger partial charge in [0.05, 0.1) is 12.2 Å². The summed E-state index contributed by atoms with van der Waals surface area (Å²) in [5, 5.41) is 0. The van der Waals surface area contributed by atoms with E-state index in [0.717, 1.165) is 18.4 Å². The predicted molar refractivity (Wildman–Crippen MR) is 96.1 cm³/mol. The van der Waals surface area contributed by atoms with Crippen LogP contribution in [0, 0.1) is 0 Å². The van der Waals surface area contributed by atoms with Crippen LogP contribution in [-0.2, 0) is 16.5 Å². The molecule has 134 valence electrons. The van der Waals surface area contributed by atoms with Crippen LogP contribution in [-0.4, -0.2) is 12.2 Å². The molecule has 0 N–H and O–H groups in total. The van der Waals surface area contributed by atoms with Gasteiger partial charge in [-0.25, -0.2) is 4.57 Å². The van der Waals surface area contributed by atoms with Crippen molar-refractivity contribution >= 4 is 12.2 Å². The number of aryl methyl sites for hydroxylation is 1. The van der Waals surface area contributed by atoms with Crippen LogP contribution >= 0.6 is 0 Å². The molecule has 0 aliphatic carbocycles. The molecule has 3 unspecified atom stereocenters. The van der Waals surface area contributed by atoms with Crippen LogP contribution in [0.4, 0.5) is 0 Å². The highest BCUT2D eigenvalue weighted by atomic mass is 35.5. The van der Waals surface area contributed by atoms with Crippen molar-refractivity contribution in [1.29, 1.82) is 0 Å². The molecule has 1 aliphatic rings. The number of halogens is 1. The molecule has 1 aromatic carbocycles. The zero-order valence-corrected chi connectivity index (χ0v) is 15.8. The Bertz CT molecular complexity index is 682. The fourth-order valence-corrected chi connectivity index (χ4v) is 2.90. The highest BCUT2D eigenvalue weighted by Crippen LogP contribution is 2.31. The molecular weight excluding hydrogens is 334 g/mol. The van der Waals surface area contributed by atoms with Gasteiger partial charge in [0, 0.05) is 17.7 Å². The van der Waals surface area contributed by atoms with Crippen molar-refractivity contribution < 1.29 is 26.4 Å². The number of benzene rings is 1. The third-order valence-electron chi connectivity index (χ3n) is 4.40. The summed E-state index contributed by atoms with van der Waals surface area (Å²) in [6.07, 6.45) is 10.6. The standard InChI is InChI=1S/C21H26NO2.ClH/c1-4-20-15-16(2)23-21(24-20)19-9-7-17(8-10-19)5-6-18-11-13-22(3)14-12-18;/h5-14,16,20-21H,4,15H2,1-3H3;1H/q+1;/p-1/b6-5+;. The van der Waals surface area contributed by atoms with Crippen LogP contribution in [0.1, 0.15) is 49.7 Å². The molecular formula is C21H26ClNO2. The van der Waals surface area contributed by atoms with Crippen LogP contribution in [0.25, 0.3) is 12.2 Å². The quantitative estimate of drug-likeness (QED) is 0.767. The fraction of sp³-hybridized carbons (Fsp3) is 0.381. The summed E-state index contributed by atoms with van der Waals surface area (Å²) in [5.74, 6) is 0. The number of pyridine rings is 1. The molecule has 1 saturated heterocycles. The van der Waals surface area contributed by atoms with Gasteiger partial charge in [0.25, 0.3) is 0 Å². The Balaban J connectivity index is 0.00000225. The summed E-state index contributed by atoms with van der Waals surface area (Å²) >= 11 is 0. The highest BCUT2D eigenvalue weighted by molar-refractivity contribution is 5.69. The molecule has 0 amide bonds. The van der Waals surface area contributed by atoms with Gasteiger partial charge in [-0.3, -0.25) is 0 Å². The van der Waals surface area contributed by atoms with E-state index in [9.17, 15) is 0 Å². The molecule has 3 rings (SSSR count). The van der Waals surface area contributed by atoms with E-state index in [1.54, 1.807) is 0 Å². The molecule has 1 fully saturated rings. The maximum Gasteiger partial charge on any atom is 0.184 e. The molecule has 25 heavy (non-hydrogen) atoms. The minimum absolute atomic E-state index is 0. The fourth-order valence-electron chi connectivity index (χ4n) is 2.90. The van der Waals surface area contributed by atoms with Crippen molar-refractivity contribution in [3.8, 4) is 0 Å². The number of rotatable bonds is 4. The average molecular weight is 360 g/mol. The second-order valence-corrected chi connectivity index (χ2v) is 6.48. The van der Waals surface area contributed by atoms with E-state index in [1.807, 2.05) is 24.0 Å². The lowest BCUT2D eigenvalue weighted by Crippen LogP contribution is -3.00. The van der Waals surface area contributed by atoms with Gasteiger partial charge in [-0.05, 0) is 30.9 Å². The van der Waals surface area contributed by atoms with Gasteiger partial charge in [-0.15, -0.1) is 0 Å². The highest BCUT2D eigenvalue weighted by Gasteiger charge is 2.27. The van der Waals surface area contributed by atoms with Gasteiger partial charge in [-0.2, -0.15) is 0 Å². The van der Waals surface area contributed by atoms with E-state index in [4.69, 9.17) is 9.47 Å². The Morgan fingerprint density at radius 1 is 1.00 bits per heavy atom. The second-order valence-electron chi connectivity index (χ2n) is 6.48. The van der Waals surface area contributed by atoms with Crippen molar-refractivity contribution in [3.05, 3.63) is 65.5 Å². The number of ether oxygens (including phenoxy) is 2. The molecule has 4 heteroatoms. The van der Waals surface area contributed by atoms with Gasteiger partial charge >= 0.3 is 0 Å². The summed E-state index contributed by atoms with van der Waals surface area (Å²) in [6, 6.07) is 12.6. The van der Waals surface area contributed by atoms with Crippen molar-refractivity contribution in [2.24, 2.45) is 7.05 Å². The average Bonchev–Trinajstić information content (AvgIpc) is 2.61. The number of hydrogen-bond acceptors (Lipinski definition) is 2. The third-order valence-corrected chi connectivity index (χ3v) is 4.40. The van der Waals surface area contributed by atoms with E-state index >= 15 is 0 Å². The molecule has 3 nitrogen and oxygen atoms in total. The Morgan fingerprint density at radius 3 is 2.20 bits per heavy atom. The van der Waals surface area contributed by atoms with Gasteiger partial charge in [0.15, 0.2) is 18.7 Å². The van der Waals surface area contributed by atoms with E-state index in [2.05, 4.69) is 62.4 Å². The summed E-state index contributed by atoms with van der Waals surface area (Å²) in [5.41, 5.74) is 3.45. The maximum absolute atomic E-state index is 6.03. The van der Waals surface area contributed by atoms with Crippen LogP contribution in [0.15, 0.2) is 48.8 Å². The lowest BCUT2D eigenvalue weighted by atomic mass is 10.1. The number of hydrogen-bond donors (Lipinski definition) is 0. The minimum atomic E-state index is -0.245. The summed E-state index contributed by atoms with van der Waals surface area (Å²) in [7, 11) is 2.02. The summed E-state index contributed by atoms with van der Waals surface area (Å²) in [4.78, 5) is 0. The first kappa shape index (κ1) is 19.6. The van der Waals surface area contributed by atoms with Crippen molar-refractivity contribution in [3.63, 3.8) is 0 Å². The maximum atomic E-state index is 6.03. The molecule has 0 saturated carbocycles. The zero-order chi connectivity index (χ0) is 16.9. The lowest BCUT2D eigenvalue weighted by Gasteiger charge is -2.34. The Kier molecular flexibility index (Phi) is 7.18. The zero-order valence-electron chi connectivity index (χ0n) is 15.1. The molecule has 0 bridgehead atoms. The first-order valence-corrected chi connectivity index (χ1v) is 8.68. The third kappa shape index (κ3) is 5.40. The van der Waals surface area contributed by atoms with Gasteiger partial charge < -0.3 is 21.9 Å². The largest absolute Gasteiger partial charge is 1.00 e. The monoisotopic (exact) mass is 359 g/mol. The molecule has 3 atom stereocenters. The van der Waals surface area contributed by atoms with Crippen LogP contribution in [0.5, 0.6) is 0 Å². The topological polar surface area (TPSA) is 22.3 Å². The smallest absolute Gasteiger partial charge is 0.184 e. The molecule has 1 aromatic heterocycles.